The minimum Gasteiger partial charge on any atom is -0.493 e. The van der Waals surface area contributed by atoms with E-state index in [2.05, 4.69) is 10.2 Å². The smallest absolute Gasteiger partial charge is 0.242 e. The molecule has 158 valence electrons. The fourth-order valence-corrected chi connectivity index (χ4v) is 4.24. The van der Waals surface area contributed by atoms with E-state index in [-0.39, 0.29) is 17.0 Å². The van der Waals surface area contributed by atoms with Crippen LogP contribution in [0.5, 0.6) is 11.5 Å². The fourth-order valence-electron chi connectivity index (χ4n) is 3.03. The number of halogens is 1. The zero-order valence-electron chi connectivity index (χ0n) is 17.2. The van der Waals surface area contributed by atoms with Crippen molar-refractivity contribution >= 4 is 29.1 Å². The van der Waals surface area contributed by atoms with Gasteiger partial charge in [0, 0.05) is 0 Å². The Morgan fingerprint density at radius 1 is 1.13 bits per heavy atom. The molecule has 0 aliphatic carbocycles. The molecule has 3 rings (SSSR count). The Hall–Kier alpha value is -2.87. The first-order valence-electron chi connectivity index (χ1n) is 9.61. The topological polar surface area (TPSA) is 63.5 Å². The van der Waals surface area contributed by atoms with Gasteiger partial charge in [-0.1, -0.05) is 37.2 Å². The minimum atomic E-state index is -0.307. The number of thioether (sulfide) groups is 1. The van der Waals surface area contributed by atoms with Crippen molar-refractivity contribution in [3.05, 3.63) is 59.4 Å². The van der Waals surface area contributed by atoms with Gasteiger partial charge < -0.3 is 9.47 Å². The molecular weight excluding hydrogens is 405 g/mol. The molecule has 1 aliphatic heterocycles. The van der Waals surface area contributed by atoms with E-state index < -0.39 is 0 Å². The molecule has 30 heavy (non-hydrogen) atoms. The third kappa shape index (κ3) is 5.18. The van der Waals surface area contributed by atoms with E-state index in [0.29, 0.717) is 23.2 Å². The van der Waals surface area contributed by atoms with Crippen LogP contribution in [0.3, 0.4) is 0 Å². The number of ether oxygens (including phenoxy) is 2. The van der Waals surface area contributed by atoms with Gasteiger partial charge in [0.2, 0.25) is 5.91 Å². The number of hydrogen-bond acceptors (Lipinski definition) is 6. The normalized spacial score (nSPS) is 17.9. The lowest BCUT2D eigenvalue weighted by Gasteiger charge is -2.15. The van der Waals surface area contributed by atoms with E-state index in [9.17, 15) is 9.18 Å². The van der Waals surface area contributed by atoms with Crippen molar-refractivity contribution in [3.8, 4) is 11.5 Å². The van der Waals surface area contributed by atoms with Crippen molar-refractivity contribution in [2.24, 2.45) is 10.2 Å². The van der Waals surface area contributed by atoms with Crippen LogP contribution >= 0.6 is 11.8 Å². The average molecular weight is 430 g/mol. The molecule has 0 spiro atoms. The van der Waals surface area contributed by atoms with Crippen LogP contribution in [-0.4, -0.2) is 41.7 Å². The number of hydrogen-bond donors (Lipinski definition) is 0. The molecule has 2 aromatic carbocycles. The Bertz CT molecular complexity index is 947. The molecule has 2 aromatic rings. The van der Waals surface area contributed by atoms with Crippen LogP contribution in [0.1, 0.15) is 30.9 Å². The van der Waals surface area contributed by atoms with Crippen LogP contribution in [-0.2, 0) is 11.3 Å². The standard InChI is InChI=1S/C22H24FN3O3S/c1-4-5-20-21(27)26(14-15-6-9-17(23)10-7-15)22(30-20)25-24-13-16-8-11-18(28-2)19(12-16)29-3/h6-13,20H,4-5,14H2,1-3H3. The number of amidine groups is 1. The van der Waals surface area contributed by atoms with E-state index in [0.717, 1.165) is 24.0 Å². The summed E-state index contributed by atoms with van der Waals surface area (Å²) < 4.78 is 23.7. The van der Waals surface area contributed by atoms with Crippen molar-refractivity contribution in [1.29, 1.82) is 0 Å². The van der Waals surface area contributed by atoms with Crippen LogP contribution in [0.2, 0.25) is 0 Å². The van der Waals surface area contributed by atoms with Crippen LogP contribution in [0, 0.1) is 5.82 Å². The zero-order chi connectivity index (χ0) is 21.5. The lowest BCUT2D eigenvalue weighted by Crippen LogP contribution is -2.31. The average Bonchev–Trinajstić information content (AvgIpc) is 3.04. The van der Waals surface area contributed by atoms with Gasteiger partial charge in [0.15, 0.2) is 16.7 Å². The van der Waals surface area contributed by atoms with Gasteiger partial charge in [0.1, 0.15) is 5.82 Å². The molecule has 1 fully saturated rings. The molecule has 6 nitrogen and oxygen atoms in total. The number of carbonyl (C=O) groups excluding carboxylic acids is 1. The first-order chi connectivity index (χ1) is 14.5. The number of carbonyl (C=O) groups is 1. The van der Waals surface area contributed by atoms with Gasteiger partial charge in [-0.05, 0) is 47.9 Å². The third-order valence-corrected chi connectivity index (χ3v) is 5.82. The second-order valence-corrected chi connectivity index (χ2v) is 7.86. The molecule has 1 saturated heterocycles. The zero-order valence-corrected chi connectivity index (χ0v) is 18.0. The lowest BCUT2D eigenvalue weighted by atomic mass is 10.2. The number of benzene rings is 2. The second-order valence-electron chi connectivity index (χ2n) is 6.69. The first kappa shape index (κ1) is 21.8. The molecule has 1 aliphatic rings. The maximum absolute atomic E-state index is 13.2. The molecule has 1 amide bonds. The van der Waals surface area contributed by atoms with Crippen LogP contribution in [0.15, 0.2) is 52.7 Å². The second kappa shape index (κ2) is 10.2. The van der Waals surface area contributed by atoms with Crippen molar-refractivity contribution in [2.45, 2.75) is 31.6 Å². The predicted octanol–water partition coefficient (Wildman–Crippen LogP) is 4.48. The summed E-state index contributed by atoms with van der Waals surface area (Å²) in [5, 5.41) is 8.85. The Kier molecular flexibility index (Phi) is 7.46. The molecule has 8 heteroatoms. The van der Waals surface area contributed by atoms with Gasteiger partial charge in [-0.2, -0.15) is 5.10 Å². The Balaban J connectivity index is 1.81. The summed E-state index contributed by atoms with van der Waals surface area (Å²) in [7, 11) is 3.15. The highest BCUT2D eigenvalue weighted by Crippen LogP contribution is 2.32. The molecule has 0 radical (unpaired) electrons. The van der Waals surface area contributed by atoms with E-state index in [1.165, 1.54) is 23.9 Å². The Morgan fingerprint density at radius 3 is 2.53 bits per heavy atom. The summed E-state index contributed by atoms with van der Waals surface area (Å²) in [6.07, 6.45) is 3.26. The Labute approximate surface area is 179 Å². The van der Waals surface area contributed by atoms with Gasteiger partial charge in [-0.15, -0.1) is 5.10 Å². The van der Waals surface area contributed by atoms with E-state index >= 15 is 0 Å². The minimum absolute atomic E-state index is 0.00578. The number of rotatable bonds is 8. The maximum atomic E-state index is 13.2. The van der Waals surface area contributed by atoms with E-state index in [1.54, 1.807) is 49.6 Å². The van der Waals surface area contributed by atoms with E-state index in [4.69, 9.17) is 9.47 Å². The fraction of sp³-hybridized carbons (Fsp3) is 0.318. The van der Waals surface area contributed by atoms with E-state index in [1.807, 2.05) is 13.0 Å². The predicted molar refractivity (Wildman–Crippen MR) is 118 cm³/mol. The highest BCUT2D eigenvalue weighted by atomic mass is 32.2. The largest absolute Gasteiger partial charge is 0.493 e. The molecule has 0 bridgehead atoms. The van der Waals surface area contributed by atoms with Gasteiger partial charge >= 0.3 is 0 Å². The molecular formula is C22H24FN3O3S. The summed E-state index contributed by atoms with van der Waals surface area (Å²) in [6.45, 7) is 2.37. The van der Waals surface area contributed by atoms with Crippen LogP contribution in [0.25, 0.3) is 0 Å². The van der Waals surface area contributed by atoms with Crippen LogP contribution < -0.4 is 9.47 Å². The molecule has 1 atom stereocenters. The Morgan fingerprint density at radius 2 is 1.87 bits per heavy atom. The molecule has 1 unspecified atom stereocenters. The van der Waals surface area contributed by atoms with Gasteiger partial charge in [-0.3, -0.25) is 9.69 Å². The third-order valence-electron chi connectivity index (χ3n) is 4.58. The highest BCUT2D eigenvalue weighted by Gasteiger charge is 2.37. The van der Waals surface area contributed by atoms with Gasteiger partial charge in [-0.25, -0.2) is 4.39 Å². The van der Waals surface area contributed by atoms with Crippen LogP contribution in [0.4, 0.5) is 4.39 Å². The molecule has 1 heterocycles. The first-order valence-corrected chi connectivity index (χ1v) is 10.5. The molecule has 0 saturated carbocycles. The highest BCUT2D eigenvalue weighted by molar-refractivity contribution is 8.15. The van der Waals surface area contributed by atoms with Crippen molar-refractivity contribution in [1.82, 2.24) is 4.90 Å². The molecule has 0 aromatic heterocycles. The van der Waals surface area contributed by atoms with Crippen molar-refractivity contribution in [2.75, 3.05) is 14.2 Å². The van der Waals surface area contributed by atoms with Gasteiger partial charge in [0.05, 0.1) is 32.2 Å². The number of nitrogens with zero attached hydrogens (tertiary/aromatic N) is 3. The summed E-state index contributed by atoms with van der Waals surface area (Å²) in [5.41, 5.74) is 1.63. The SMILES string of the molecule is CCCC1SC(=NN=Cc2ccc(OC)c(OC)c2)N(Cc2ccc(F)cc2)C1=O. The number of methoxy groups -OCH3 is 2. The van der Waals surface area contributed by atoms with Crippen molar-refractivity contribution < 1.29 is 18.7 Å². The summed E-state index contributed by atoms with van der Waals surface area (Å²) in [5.74, 6) is 0.927. The molecule has 0 N–H and O–H groups in total. The lowest BCUT2D eigenvalue weighted by molar-refractivity contribution is -0.126. The summed E-state index contributed by atoms with van der Waals surface area (Å²) in [4.78, 5) is 14.4. The quantitative estimate of drug-likeness (QED) is 0.459. The van der Waals surface area contributed by atoms with Crippen molar-refractivity contribution in [3.63, 3.8) is 0 Å². The van der Waals surface area contributed by atoms with Gasteiger partial charge in [0.25, 0.3) is 0 Å². The summed E-state index contributed by atoms with van der Waals surface area (Å²) in [6, 6.07) is 11.5. The number of amides is 1. The summed E-state index contributed by atoms with van der Waals surface area (Å²) >= 11 is 1.42. The monoisotopic (exact) mass is 429 g/mol. The maximum Gasteiger partial charge on any atom is 0.242 e.